The average Bonchev–Trinajstić information content (AvgIpc) is 3.73. The quantitative estimate of drug-likeness (QED) is 0.157. The molecule has 8 aliphatic rings. The number of ether oxygens (including phenoxy) is 2. The molecular formula is C56H79NO7. The Morgan fingerprint density at radius 3 is 2.47 bits per heavy atom. The maximum atomic E-state index is 12.6. The lowest BCUT2D eigenvalue weighted by molar-refractivity contribution is -0.209. The molecule has 3 unspecified atom stereocenters. The van der Waals surface area contributed by atoms with Crippen molar-refractivity contribution in [1.82, 2.24) is 0 Å². The molecule has 3 N–H and O–H groups in total. The topological polar surface area (TPSA) is 117 Å². The third-order valence-corrected chi connectivity index (χ3v) is 20.7. The van der Waals surface area contributed by atoms with Gasteiger partial charge in [-0.05, 0) is 189 Å². The highest BCUT2D eigenvalue weighted by molar-refractivity contribution is 5.93. The first-order valence-corrected chi connectivity index (χ1v) is 25.5. The fraction of sp³-hybridized carbons (Fsp3) is 0.750. The molecule has 350 valence electrons. The summed E-state index contributed by atoms with van der Waals surface area (Å²) in [5.41, 5.74) is 5.16. The molecule has 8 heteroatoms. The fourth-order valence-corrected chi connectivity index (χ4v) is 17.1. The molecule has 64 heavy (non-hydrogen) atoms. The number of allylic oxidation sites excluding steroid dienone is 4. The summed E-state index contributed by atoms with van der Waals surface area (Å²) in [6.45, 7) is 14.8. The first kappa shape index (κ1) is 46.2. The number of rotatable bonds is 10. The minimum Gasteiger partial charge on any atom is -0.469 e. The van der Waals surface area contributed by atoms with Crippen molar-refractivity contribution in [2.45, 2.75) is 168 Å². The van der Waals surface area contributed by atoms with Crippen LogP contribution < -0.4 is 4.90 Å². The van der Waals surface area contributed by atoms with Gasteiger partial charge in [0, 0.05) is 43.5 Å². The largest absolute Gasteiger partial charge is 0.469 e. The zero-order chi connectivity index (χ0) is 45.5. The molecule has 9 rings (SSSR count). The van der Waals surface area contributed by atoms with Gasteiger partial charge in [-0.25, -0.2) is 0 Å². The van der Waals surface area contributed by atoms with E-state index in [0.717, 1.165) is 95.7 Å². The highest BCUT2D eigenvalue weighted by atomic mass is 16.5. The number of aliphatic hydroxyl groups is 3. The van der Waals surface area contributed by atoms with Gasteiger partial charge in [-0.15, -0.1) is 5.92 Å². The first-order valence-electron chi connectivity index (χ1n) is 25.5. The van der Waals surface area contributed by atoms with Crippen molar-refractivity contribution in [2.24, 2.45) is 69.5 Å². The molecule has 1 aromatic rings. The maximum Gasteiger partial charge on any atom is 0.305 e. The van der Waals surface area contributed by atoms with Gasteiger partial charge in [0.2, 0.25) is 0 Å². The summed E-state index contributed by atoms with van der Waals surface area (Å²) >= 11 is 0. The Kier molecular flexibility index (Phi) is 12.5. The van der Waals surface area contributed by atoms with E-state index in [4.69, 9.17) is 9.47 Å². The summed E-state index contributed by atoms with van der Waals surface area (Å²) in [6.07, 6.45) is 14.5. The van der Waals surface area contributed by atoms with E-state index in [2.05, 4.69) is 82.7 Å². The molecule has 0 amide bonds. The van der Waals surface area contributed by atoms with Gasteiger partial charge in [-0.2, -0.15) is 0 Å². The van der Waals surface area contributed by atoms with Crippen molar-refractivity contribution in [3.63, 3.8) is 0 Å². The Morgan fingerprint density at radius 2 is 1.73 bits per heavy atom. The van der Waals surface area contributed by atoms with Crippen LogP contribution in [0.2, 0.25) is 0 Å². The molecule has 0 saturated heterocycles. The monoisotopic (exact) mass is 878 g/mol. The second kappa shape index (κ2) is 17.3. The molecule has 0 spiro atoms. The number of fused-ring (bicyclic) bond motifs is 9. The average molecular weight is 878 g/mol. The number of hydrogen-bond acceptors (Lipinski definition) is 8. The number of hydrogen-bond donors (Lipinski definition) is 3. The van der Waals surface area contributed by atoms with E-state index < -0.39 is 11.7 Å². The number of benzene rings is 1. The Hall–Kier alpha value is -2.96. The van der Waals surface area contributed by atoms with Crippen LogP contribution in [0.4, 0.5) is 5.69 Å². The fourth-order valence-electron chi connectivity index (χ4n) is 17.1. The van der Waals surface area contributed by atoms with E-state index >= 15 is 0 Å². The van der Waals surface area contributed by atoms with Crippen LogP contribution in [0, 0.1) is 81.3 Å². The lowest BCUT2D eigenvalue weighted by atomic mass is 9.43. The van der Waals surface area contributed by atoms with Gasteiger partial charge in [0.25, 0.3) is 0 Å². The number of nitrogens with zero attached hydrogens (tertiary/aromatic N) is 1. The molecular weight excluding hydrogens is 799 g/mol. The second-order valence-corrected chi connectivity index (χ2v) is 23.2. The van der Waals surface area contributed by atoms with Crippen LogP contribution >= 0.6 is 0 Å². The van der Waals surface area contributed by atoms with Gasteiger partial charge < -0.3 is 29.7 Å². The molecule has 0 heterocycles. The zero-order valence-electron chi connectivity index (χ0n) is 40.3. The van der Waals surface area contributed by atoms with Crippen LogP contribution in [0.15, 0.2) is 47.1 Å². The third kappa shape index (κ3) is 7.30. The molecule has 8 aliphatic carbocycles. The third-order valence-electron chi connectivity index (χ3n) is 20.7. The molecule has 0 aliphatic heterocycles. The van der Waals surface area contributed by atoms with Gasteiger partial charge in [-0.3, -0.25) is 9.59 Å². The zero-order valence-corrected chi connectivity index (χ0v) is 40.3. The van der Waals surface area contributed by atoms with Crippen LogP contribution in [-0.4, -0.2) is 78.3 Å². The number of ketones is 1. The van der Waals surface area contributed by atoms with Gasteiger partial charge in [0.15, 0.2) is 5.78 Å². The van der Waals surface area contributed by atoms with E-state index in [1.165, 1.54) is 29.4 Å². The summed E-state index contributed by atoms with van der Waals surface area (Å²) in [6, 6.07) is 9.14. The predicted molar refractivity (Wildman–Crippen MR) is 251 cm³/mol. The summed E-state index contributed by atoms with van der Waals surface area (Å²) in [4.78, 5) is 26.9. The lowest BCUT2D eigenvalue weighted by Crippen LogP contribution is -2.62. The molecule has 17 atom stereocenters. The van der Waals surface area contributed by atoms with Crippen LogP contribution in [0.1, 0.15) is 149 Å². The van der Waals surface area contributed by atoms with Crippen LogP contribution in [0.25, 0.3) is 0 Å². The molecule has 8 nitrogen and oxygen atoms in total. The number of anilines is 1. The van der Waals surface area contributed by atoms with Gasteiger partial charge in [0.05, 0.1) is 32.0 Å². The molecule has 1 aromatic carbocycles. The highest BCUT2D eigenvalue weighted by Crippen LogP contribution is 2.70. The molecule has 6 fully saturated rings. The number of esters is 1. The number of methoxy groups -OCH3 is 1. The van der Waals surface area contributed by atoms with E-state index in [1.807, 2.05) is 13.0 Å². The first-order chi connectivity index (χ1) is 30.5. The normalized spacial score (nSPS) is 43.9. The van der Waals surface area contributed by atoms with E-state index in [-0.39, 0.29) is 58.0 Å². The van der Waals surface area contributed by atoms with Gasteiger partial charge >= 0.3 is 5.97 Å². The molecule has 0 bridgehead atoms. The summed E-state index contributed by atoms with van der Waals surface area (Å²) in [5.74, 6) is 9.41. The number of carbonyl (C=O) groups is 2. The van der Waals surface area contributed by atoms with E-state index in [9.17, 15) is 24.9 Å². The number of aliphatic hydroxyl groups excluding tert-OH is 2. The molecule has 0 aromatic heterocycles. The minimum atomic E-state index is -1.02. The Labute approximate surface area is 384 Å². The Balaban J connectivity index is 0.843. The van der Waals surface area contributed by atoms with E-state index in [1.54, 1.807) is 0 Å². The van der Waals surface area contributed by atoms with Crippen LogP contribution in [-0.2, 0) is 19.1 Å². The highest BCUT2D eigenvalue weighted by Gasteiger charge is 2.67. The van der Waals surface area contributed by atoms with E-state index in [0.29, 0.717) is 60.9 Å². The maximum absolute atomic E-state index is 12.6. The second-order valence-electron chi connectivity index (χ2n) is 23.2. The summed E-state index contributed by atoms with van der Waals surface area (Å²) in [7, 11) is 3.60. The Bertz CT molecular complexity index is 2080. The SMILES string of the molecule is CC#C[C@]1(O)[C@H](C)CC2C3CCC4=CC(=O)CCC4=C3[C@@H](c3ccc(N(C)CCO[C@H]4CC[C@@]5(C)[C@@H](C4)C[C@@H](O)[C@@H]4[C@@H]5C[C@H](O)[C@]5(C)C([C@H](C)CCC(=O)OC)CC[C@@H]45)cc3)C[C@@]21C. The minimum absolute atomic E-state index is 0.0780. The van der Waals surface area contributed by atoms with Gasteiger partial charge in [0.1, 0.15) is 5.60 Å². The van der Waals surface area contributed by atoms with Gasteiger partial charge in [-0.1, -0.05) is 58.2 Å². The van der Waals surface area contributed by atoms with Crippen molar-refractivity contribution in [1.29, 1.82) is 0 Å². The van der Waals surface area contributed by atoms with Crippen LogP contribution in [0.5, 0.6) is 0 Å². The molecule has 0 radical (unpaired) electrons. The summed E-state index contributed by atoms with van der Waals surface area (Å²) < 4.78 is 11.6. The lowest BCUT2D eigenvalue weighted by Gasteiger charge is -2.63. The predicted octanol–water partition coefficient (Wildman–Crippen LogP) is 9.60. The van der Waals surface area contributed by atoms with Crippen molar-refractivity contribution in [2.75, 3.05) is 32.2 Å². The van der Waals surface area contributed by atoms with Crippen molar-refractivity contribution in [3.05, 3.63) is 52.6 Å². The summed E-state index contributed by atoms with van der Waals surface area (Å²) in [5, 5.41) is 36.4. The van der Waals surface area contributed by atoms with Crippen molar-refractivity contribution >= 4 is 17.4 Å². The number of likely N-dealkylation sites (N-methyl/N-ethyl adjacent to an activating group) is 1. The van der Waals surface area contributed by atoms with Crippen molar-refractivity contribution < 1.29 is 34.4 Å². The standard InChI is InChI=1S/C56H79NO7/c1-9-23-56(62)34(3)27-46-42-17-13-36-28-39(58)16-18-41(36)51(42)43(32-54(46,56)5)35-11-14-38(15-12-35)57(7)25-26-64-40-22-24-53(4)37(29-40)30-48(59)52-45-20-19-44(33(2)10-21-50(61)63-8)55(45,6)49(60)31-47(52)53/h11-12,14-15,28,33-34,37,40,42-49,52,59-60,62H,10,13,16-22,24-27,29-32H2,1-8H3/t33-,34-,37+,40+,42?,43-,44?,45+,46?,47+,48-,49+,52+,53+,54+,55-,56+/m1/s1. The smallest absolute Gasteiger partial charge is 0.305 e. The molecule has 6 saturated carbocycles. The van der Waals surface area contributed by atoms with Crippen LogP contribution in [0.3, 0.4) is 0 Å². The number of carbonyl (C=O) groups excluding carboxylic acids is 2. The van der Waals surface area contributed by atoms with Crippen molar-refractivity contribution in [3.8, 4) is 11.8 Å². The Morgan fingerprint density at radius 1 is 0.969 bits per heavy atom.